The third kappa shape index (κ3) is 3.89. The Morgan fingerprint density at radius 3 is 2.50 bits per heavy atom. The van der Waals surface area contributed by atoms with Crippen LogP contribution in [0.3, 0.4) is 0 Å². The highest BCUT2D eigenvalue weighted by Gasteiger charge is 2.11. The van der Waals surface area contributed by atoms with E-state index in [1.54, 1.807) is 31.2 Å². The van der Waals surface area contributed by atoms with Crippen molar-refractivity contribution in [3.8, 4) is 0 Å². The van der Waals surface area contributed by atoms with Crippen molar-refractivity contribution in [2.24, 2.45) is 5.10 Å². The Bertz CT molecular complexity index is 742. The average Bonchev–Trinajstić information content (AvgIpc) is 2.53. The van der Waals surface area contributed by atoms with E-state index in [0.29, 0.717) is 10.7 Å². The molecule has 6 nitrogen and oxygen atoms in total. The van der Waals surface area contributed by atoms with Crippen LogP contribution in [0.1, 0.15) is 22.8 Å². The molecule has 112 valence electrons. The molecule has 0 bridgehead atoms. The summed E-state index contributed by atoms with van der Waals surface area (Å²) in [5.41, 5.74) is 3.79. The van der Waals surface area contributed by atoms with Gasteiger partial charge in [0, 0.05) is 22.7 Å². The van der Waals surface area contributed by atoms with Crippen LogP contribution in [0.5, 0.6) is 0 Å². The lowest BCUT2D eigenvalue weighted by atomic mass is 10.1. The number of carbonyl (C=O) groups is 1. The number of benzene rings is 2. The third-order valence-corrected chi connectivity index (χ3v) is 3.16. The second-order valence-corrected chi connectivity index (χ2v) is 4.89. The van der Waals surface area contributed by atoms with Crippen LogP contribution in [0.2, 0.25) is 5.02 Å². The van der Waals surface area contributed by atoms with E-state index in [1.807, 2.05) is 0 Å². The lowest BCUT2D eigenvalue weighted by Crippen LogP contribution is -2.19. The number of non-ortho nitro benzene ring substituents is 1. The first kappa shape index (κ1) is 15.7. The van der Waals surface area contributed by atoms with Crippen LogP contribution >= 0.6 is 11.6 Å². The van der Waals surface area contributed by atoms with Crippen molar-refractivity contribution in [1.82, 2.24) is 5.43 Å². The average molecular weight is 318 g/mol. The number of hydrogen-bond donors (Lipinski definition) is 1. The van der Waals surface area contributed by atoms with Gasteiger partial charge in [0.05, 0.1) is 10.6 Å². The van der Waals surface area contributed by atoms with Crippen LogP contribution in [0.4, 0.5) is 5.69 Å². The number of amides is 1. The van der Waals surface area contributed by atoms with Crippen LogP contribution in [-0.2, 0) is 0 Å². The Kier molecular flexibility index (Phi) is 4.85. The lowest BCUT2D eigenvalue weighted by Gasteiger charge is -2.03. The molecule has 2 aromatic rings. The molecule has 0 fully saturated rings. The molecule has 1 amide bonds. The summed E-state index contributed by atoms with van der Waals surface area (Å²) in [7, 11) is 0. The molecular formula is C15H12ClN3O3. The lowest BCUT2D eigenvalue weighted by molar-refractivity contribution is -0.384. The van der Waals surface area contributed by atoms with Crippen molar-refractivity contribution < 1.29 is 9.72 Å². The van der Waals surface area contributed by atoms with Gasteiger partial charge in [0.1, 0.15) is 0 Å². The highest BCUT2D eigenvalue weighted by molar-refractivity contribution is 6.30. The van der Waals surface area contributed by atoms with E-state index in [9.17, 15) is 14.9 Å². The summed E-state index contributed by atoms with van der Waals surface area (Å²) in [6, 6.07) is 12.4. The van der Waals surface area contributed by atoms with Crippen LogP contribution in [0, 0.1) is 10.1 Å². The summed E-state index contributed by atoms with van der Waals surface area (Å²) in [5.74, 6) is -0.517. The van der Waals surface area contributed by atoms with Crippen LogP contribution in [0.25, 0.3) is 0 Å². The molecular weight excluding hydrogens is 306 g/mol. The Morgan fingerprint density at radius 1 is 1.18 bits per heavy atom. The van der Waals surface area contributed by atoms with Gasteiger partial charge >= 0.3 is 0 Å². The summed E-state index contributed by atoms with van der Waals surface area (Å²) >= 11 is 5.80. The normalized spacial score (nSPS) is 11.1. The second kappa shape index (κ2) is 6.82. The first-order valence-corrected chi connectivity index (χ1v) is 6.70. The Labute approximate surface area is 131 Å². The Balaban J connectivity index is 2.11. The molecule has 0 aliphatic carbocycles. The predicted molar refractivity (Wildman–Crippen MR) is 84.2 cm³/mol. The van der Waals surface area contributed by atoms with E-state index >= 15 is 0 Å². The maximum atomic E-state index is 11.9. The molecule has 1 N–H and O–H groups in total. The molecule has 2 aromatic carbocycles. The fraction of sp³-hybridized carbons (Fsp3) is 0.0667. The molecule has 22 heavy (non-hydrogen) atoms. The fourth-order valence-corrected chi connectivity index (χ4v) is 1.84. The minimum atomic E-state index is -0.557. The number of hydrazone groups is 1. The number of nitro groups is 1. The first-order valence-electron chi connectivity index (χ1n) is 6.32. The predicted octanol–water partition coefficient (Wildman–Crippen LogP) is 3.40. The van der Waals surface area contributed by atoms with Crippen LogP contribution in [0.15, 0.2) is 53.6 Å². The zero-order valence-corrected chi connectivity index (χ0v) is 12.4. The standard InChI is InChI=1S/C15H12ClN3O3/c1-10(11-5-7-13(16)8-6-11)17-18-15(20)12-3-2-4-14(9-12)19(21)22/h2-9H,1H3,(H,18,20)/b17-10-. The fourth-order valence-electron chi connectivity index (χ4n) is 1.72. The molecule has 0 spiro atoms. The molecule has 0 saturated heterocycles. The van der Waals surface area contributed by atoms with Crippen molar-refractivity contribution in [1.29, 1.82) is 0 Å². The molecule has 0 aliphatic rings. The van der Waals surface area contributed by atoms with Gasteiger partial charge in [0.25, 0.3) is 11.6 Å². The van der Waals surface area contributed by atoms with Crippen LogP contribution < -0.4 is 5.43 Å². The molecule has 0 saturated carbocycles. The maximum Gasteiger partial charge on any atom is 0.271 e. The van der Waals surface area contributed by atoms with Gasteiger partial charge in [-0.1, -0.05) is 29.8 Å². The number of nitrogens with one attached hydrogen (secondary N) is 1. The minimum Gasteiger partial charge on any atom is -0.267 e. The molecule has 0 radical (unpaired) electrons. The summed E-state index contributed by atoms with van der Waals surface area (Å²) in [5, 5.41) is 15.3. The van der Waals surface area contributed by atoms with Gasteiger partial charge < -0.3 is 0 Å². The van der Waals surface area contributed by atoms with E-state index in [0.717, 1.165) is 5.56 Å². The zero-order chi connectivity index (χ0) is 16.1. The van der Waals surface area contributed by atoms with Crippen molar-refractivity contribution in [2.45, 2.75) is 6.92 Å². The van der Waals surface area contributed by atoms with Gasteiger partial charge in [-0.05, 0) is 30.7 Å². The van der Waals surface area contributed by atoms with Crippen LogP contribution in [-0.4, -0.2) is 16.5 Å². The summed E-state index contributed by atoms with van der Waals surface area (Å²) in [4.78, 5) is 22.1. The van der Waals surface area contributed by atoms with Gasteiger partial charge in [-0.15, -0.1) is 0 Å². The van der Waals surface area contributed by atoms with E-state index in [4.69, 9.17) is 11.6 Å². The van der Waals surface area contributed by atoms with Gasteiger partial charge in [0.15, 0.2) is 0 Å². The number of hydrogen-bond acceptors (Lipinski definition) is 4. The van der Waals surface area contributed by atoms with E-state index in [1.165, 1.54) is 24.3 Å². The van der Waals surface area contributed by atoms with Crippen molar-refractivity contribution >= 4 is 28.9 Å². The highest BCUT2D eigenvalue weighted by atomic mass is 35.5. The minimum absolute atomic E-state index is 0.147. The zero-order valence-electron chi connectivity index (χ0n) is 11.6. The molecule has 0 aliphatic heterocycles. The molecule has 0 atom stereocenters. The summed E-state index contributed by atoms with van der Waals surface area (Å²) in [6.45, 7) is 1.73. The third-order valence-electron chi connectivity index (χ3n) is 2.91. The molecule has 7 heteroatoms. The number of nitro benzene ring substituents is 1. The quantitative estimate of drug-likeness (QED) is 0.533. The topological polar surface area (TPSA) is 84.6 Å². The summed E-state index contributed by atoms with van der Waals surface area (Å²) < 4.78 is 0. The molecule has 0 heterocycles. The maximum absolute atomic E-state index is 11.9. The Hall–Kier alpha value is -2.73. The smallest absolute Gasteiger partial charge is 0.267 e. The molecule has 0 aromatic heterocycles. The number of carbonyl (C=O) groups excluding carboxylic acids is 1. The van der Waals surface area contributed by atoms with Gasteiger partial charge in [-0.25, -0.2) is 5.43 Å². The number of halogens is 1. The van der Waals surface area contributed by atoms with Crippen molar-refractivity contribution in [2.75, 3.05) is 0 Å². The van der Waals surface area contributed by atoms with Gasteiger partial charge in [-0.2, -0.15) is 5.10 Å². The van der Waals surface area contributed by atoms with Gasteiger partial charge in [0.2, 0.25) is 0 Å². The largest absolute Gasteiger partial charge is 0.271 e. The van der Waals surface area contributed by atoms with E-state index in [2.05, 4.69) is 10.5 Å². The van der Waals surface area contributed by atoms with E-state index in [-0.39, 0.29) is 11.3 Å². The summed E-state index contributed by atoms with van der Waals surface area (Å²) in [6.07, 6.45) is 0. The van der Waals surface area contributed by atoms with E-state index < -0.39 is 10.8 Å². The monoisotopic (exact) mass is 317 g/mol. The van der Waals surface area contributed by atoms with Crippen molar-refractivity contribution in [3.05, 3.63) is 74.8 Å². The van der Waals surface area contributed by atoms with Gasteiger partial charge in [-0.3, -0.25) is 14.9 Å². The van der Waals surface area contributed by atoms with Crippen molar-refractivity contribution in [3.63, 3.8) is 0 Å². The SMILES string of the molecule is C/C(=N/NC(=O)c1cccc([N+](=O)[O-])c1)c1ccc(Cl)cc1. The first-order chi connectivity index (χ1) is 10.5. The second-order valence-electron chi connectivity index (χ2n) is 4.45. The Morgan fingerprint density at radius 2 is 1.86 bits per heavy atom. The molecule has 0 unspecified atom stereocenters. The molecule has 2 rings (SSSR count). The highest BCUT2D eigenvalue weighted by Crippen LogP contribution is 2.13. The number of rotatable bonds is 4. The number of nitrogens with zero attached hydrogens (tertiary/aromatic N) is 2.